The van der Waals surface area contributed by atoms with Crippen molar-refractivity contribution < 1.29 is 19.9 Å². The molecular formula is C30H54B2ClN9O6. The van der Waals surface area contributed by atoms with Gasteiger partial charge in [-0.2, -0.15) is 0 Å². The van der Waals surface area contributed by atoms with Gasteiger partial charge in [0.1, 0.15) is 0 Å². The number of piperidine rings is 2. The van der Waals surface area contributed by atoms with Crippen LogP contribution < -0.4 is 11.1 Å². The summed E-state index contributed by atoms with van der Waals surface area (Å²) in [6, 6.07) is 6.51. The van der Waals surface area contributed by atoms with Crippen molar-refractivity contribution in [2.45, 2.75) is 86.0 Å². The molecule has 0 radical (unpaired) electrons. The van der Waals surface area contributed by atoms with Crippen LogP contribution >= 0.6 is 11.6 Å². The van der Waals surface area contributed by atoms with Crippen LogP contribution in [0, 0.1) is 34.1 Å². The number of anilines is 1. The van der Waals surface area contributed by atoms with Gasteiger partial charge < -0.3 is 35.6 Å². The summed E-state index contributed by atoms with van der Waals surface area (Å²) in [5, 5.41) is 43.0. The first-order valence-electron chi connectivity index (χ1n) is 16.6. The molecule has 4 heterocycles. The standard InChI is InChI=1S/C12H19BN4O3.C6H15BN2O.C6H5ClN2O2.C6H15N/c1-9-3-4-11(17(19)20)12(14-9)15-10-5-7-16(8-6-10)13(2)18;1-7(10)9-4-2-6(8)3-5-9;1-4-2-3-5(9(10)11)6(7)8-4;1-4-7(5-2)6-3/h3-4,10,18H,5-8H2,1-2H3,(H,14,15);6,10H,2-5,8H2,1H3;2-3H,1H3;4-6H2,1-3H3. The van der Waals surface area contributed by atoms with Crippen LogP contribution in [0.25, 0.3) is 0 Å². The van der Waals surface area contributed by atoms with Gasteiger partial charge in [0.2, 0.25) is 11.0 Å². The normalized spacial score (nSPS) is 15.6. The SMILES string of the molecule is CB(O)N1CCC(N)CC1.CB(O)N1CCC(Nc2nc(C)ccc2[N+](=O)[O-])CC1.CCN(CC)CC.Cc1ccc([N+](=O)[O-])c(Cl)n1. The number of pyridine rings is 2. The maximum Gasteiger partial charge on any atom is 0.376 e. The van der Waals surface area contributed by atoms with E-state index in [2.05, 4.69) is 41.0 Å². The van der Waals surface area contributed by atoms with Gasteiger partial charge in [-0.1, -0.05) is 32.4 Å². The molecule has 2 saturated heterocycles. The number of rotatable bonds is 9. The maximum atomic E-state index is 11.0. The molecule has 18 heteroatoms. The zero-order valence-corrected chi connectivity index (χ0v) is 30.3. The predicted molar refractivity (Wildman–Crippen MR) is 194 cm³/mol. The van der Waals surface area contributed by atoms with Gasteiger partial charge in [0.05, 0.1) is 9.85 Å². The minimum absolute atomic E-state index is 0.00792. The summed E-state index contributed by atoms with van der Waals surface area (Å²) in [7, 11) is -0.741. The predicted octanol–water partition coefficient (Wildman–Crippen LogP) is 4.10. The lowest BCUT2D eigenvalue weighted by molar-refractivity contribution is -0.385. The fourth-order valence-corrected chi connectivity index (χ4v) is 5.30. The third kappa shape index (κ3) is 16.0. The van der Waals surface area contributed by atoms with Gasteiger partial charge in [-0.15, -0.1) is 0 Å². The fourth-order valence-electron chi connectivity index (χ4n) is 5.03. The Hall–Kier alpha value is -2.92. The van der Waals surface area contributed by atoms with Crippen LogP contribution in [-0.4, -0.2) is 116 Å². The van der Waals surface area contributed by atoms with Crippen molar-refractivity contribution in [3.05, 3.63) is 61.0 Å². The van der Waals surface area contributed by atoms with Crippen LogP contribution in [0.3, 0.4) is 0 Å². The zero-order chi connectivity index (χ0) is 36.4. The van der Waals surface area contributed by atoms with Gasteiger partial charge in [-0.25, -0.2) is 9.97 Å². The highest BCUT2D eigenvalue weighted by Crippen LogP contribution is 2.25. The molecular weight excluding hydrogens is 639 g/mol. The molecule has 0 saturated carbocycles. The molecule has 48 heavy (non-hydrogen) atoms. The Morgan fingerprint density at radius 3 is 1.65 bits per heavy atom. The number of halogens is 1. The second kappa shape index (κ2) is 22.7. The molecule has 15 nitrogen and oxygen atoms in total. The summed E-state index contributed by atoms with van der Waals surface area (Å²) in [5.74, 6) is 0.338. The molecule has 2 fully saturated rings. The van der Waals surface area contributed by atoms with E-state index in [0.717, 1.165) is 57.6 Å². The largest absolute Gasteiger partial charge is 0.437 e. The van der Waals surface area contributed by atoms with E-state index in [-0.39, 0.29) is 29.6 Å². The molecule has 4 rings (SSSR count). The monoisotopic (exact) mass is 693 g/mol. The number of aromatic nitrogens is 2. The van der Waals surface area contributed by atoms with Crippen LogP contribution in [0.2, 0.25) is 18.8 Å². The van der Waals surface area contributed by atoms with Crippen molar-refractivity contribution in [1.29, 1.82) is 0 Å². The number of nitrogens with one attached hydrogen (secondary N) is 1. The molecule has 2 aliphatic rings. The van der Waals surface area contributed by atoms with E-state index >= 15 is 0 Å². The molecule has 0 spiro atoms. The summed E-state index contributed by atoms with van der Waals surface area (Å²) in [5.41, 5.74) is 6.96. The molecule has 2 aromatic rings. The maximum absolute atomic E-state index is 11.0. The van der Waals surface area contributed by atoms with Gasteiger partial charge in [0.15, 0.2) is 0 Å². The Morgan fingerprint density at radius 2 is 1.27 bits per heavy atom. The van der Waals surface area contributed by atoms with Gasteiger partial charge in [0.25, 0.3) is 0 Å². The van der Waals surface area contributed by atoms with Crippen LogP contribution in [0.1, 0.15) is 57.8 Å². The number of nitro groups is 2. The Morgan fingerprint density at radius 1 is 0.854 bits per heavy atom. The summed E-state index contributed by atoms with van der Waals surface area (Å²) < 4.78 is 0. The minimum Gasteiger partial charge on any atom is -0.437 e. The Kier molecular flexibility index (Phi) is 20.4. The third-order valence-electron chi connectivity index (χ3n) is 8.22. The lowest BCUT2D eigenvalue weighted by atomic mass is 9.82. The molecule has 5 N–H and O–H groups in total. The Balaban J connectivity index is 0.000000350. The minimum atomic E-state index is -0.561. The summed E-state index contributed by atoms with van der Waals surface area (Å²) >= 11 is 5.47. The van der Waals surface area contributed by atoms with Crippen molar-refractivity contribution in [3.63, 3.8) is 0 Å². The van der Waals surface area contributed by atoms with Gasteiger partial charge in [-0.3, -0.25) is 20.2 Å². The highest BCUT2D eigenvalue weighted by Gasteiger charge is 2.26. The van der Waals surface area contributed by atoms with E-state index in [4.69, 9.17) is 22.4 Å². The van der Waals surface area contributed by atoms with Crippen LogP contribution in [-0.2, 0) is 0 Å². The molecule has 0 aliphatic carbocycles. The van der Waals surface area contributed by atoms with Gasteiger partial charge in [0, 0.05) is 35.6 Å². The van der Waals surface area contributed by atoms with E-state index in [1.54, 1.807) is 32.7 Å². The average molecular weight is 694 g/mol. The lowest BCUT2D eigenvalue weighted by Gasteiger charge is -2.33. The highest BCUT2D eigenvalue weighted by molar-refractivity contribution is 6.45. The molecule has 0 aromatic carbocycles. The molecule has 0 amide bonds. The van der Waals surface area contributed by atoms with E-state index in [9.17, 15) is 25.3 Å². The second-order valence-electron chi connectivity index (χ2n) is 11.8. The van der Waals surface area contributed by atoms with E-state index in [0.29, 0.717) is 17.6 Å². The molecule has 2 aliphatic heterocycles. The number of aryl methyl sites for hydroxylation is 2. The molecule has 0 unspecified atom stereocenters. The summed E-state index contributed by atoms with van der Waals surface area (Å²) in [4.78, 5) is 34.6. The Labute approximate surface area is 290 Å². The quantitative estimate of drug-likeness (QED) is 0.127. The zero-order valence-electron chi connectivity index (χ0n) is 29.5. The number of hydrogen-bond donors (Lipinski definition) is 4. The number of nitrogens with zero attached hydrogens (tertiary/aromatic N) is 7. The van der Waals surface area contributed by atoms with Crippen molar-refractivity contribution in [2.24, 2.45) is 5.73 Å². The van der Waals surface area contributed by atoms with Gasteiger partial charge in [-0.05, 0) is 111 Å². The molecule has 2 aromatic heterocycles. The topological polar surface area (TPSA) is 200 Å². The smallest absolute Gasteiger partial charge is 0.376 e. The fraction of sp³-hybridized carbons (Fsp3) is 0.667. The molecule has 0 bridgehead atoms. The second-order valence-corrected chi connectivity index (χ2v) is 12.2. The van der Waals surface area contributed by atoms with Gasteiger partial charge >= 0.3 is 25.5 Å². The summed E-state index contributed by atoms with van der Waals surface area (Å²) in [6.07, 6.45) is 3.70. The van der Waals surface area contributed by atoms with E-state index in [1.165, 1.54) is 31.8 Å². The molecule has 0 atom stereocenters. The van der Waals surface area contributed by atoms with Crippen LogP contribution in [0.5, 0.6) is 0 Å². The van der Waals surface area contributed by atoms with Crippen molar-refractivity contribution in [1.82, 2.24) is 24.5 Å². The number of nitrogens with two attached hydrogens (primary N) is 1. The molecule has 268 valence electrons. The number of hydrogen-bond acceptors (Lipinski definition) is 13. The summed E-state index contributed by atoms with van der Waals surface area (Å²) in [6.45, 7) is 20.6. The third-order valence-corrected chi connectivity index (χ3v) is 8.50. The van der Waals surface area contributed by atoms with Crippen LogP contribution in [0.4, 0.5) is 17.2 Å². The lowest BCUT2D eigenvalue weighted by Crippen LogP contribution is -2.46. The highest BCUT2D eigenvalue weighted by atomic mass is 35.5. The first kappa shape index (κ1) is 43.1. The first-order chi connectivity index (χ1) is 22.6. The van der Waals surface area contributed by atoms with Crippen molar-refractivity contribution in [2.75, 3.05) is 51.1 Å². The van der Waals surface area contributed by atoms with E-state index in [1.807, 2.05) is 16.5 Å². The van der Waals surface area contributed by atoms with Crippen molar-refractivity contribution in [3.8, 4) is 0 Å². The van der Waals surface area contributed by atoms with E-state index < -0.39 is 16.9 Å². The van der Waals surface area contributed by atoms with Crippen molar-refractivity contribution >= 4 is 42.9 Å². The van der Waals surface area contributed by atoms with Crippen LogP contribution in [0.15, 0.2) is 24.3 Å². The first-order valence-corrected chi connectivity index (χ1v) is 17.0. The average Bonchev–Trinajstić information content (AvgIpc) is 3.03. The Bertz CT molecular complexity index is 1240.